The van der Waals surface area contributed by atoms with Crippen LogP contribution in [0.1, 0.15) is 92.9 Å². The van der Waals surface area contributed by atoms with Crippen LogP contribution >= 0.6 is 0 Å². The van der Waals surface area contributed by atoms with Crippen LogP contribution in [0.15, 0.2) is 24.3 Å². The zero-order valence-corrected chi connectivity index (χ0v) is 15.9. The number of esters is 2. The highest BCUT2D eigenvalue weighted by atomic mass is 16.5. The van der Waals surface area contributed by atoms with Crippen LogP contribution in [-0.2, 0) is 9.47 Å². The molecule has 0 N–H and O–H groups in total. The van der Waals surface area contributed by atoms with Crippen molar-refractivity contribution in [1.82, 2.24) is 0 Å². The van der Waals surface area contributed by atoms with Crippen LogP contribution in [-0.4, -0.2) is 24.6 Å². The number of unbranched alkanes of at least 4 members (excludes halogenated alkanes) is 3. The molecule has 0 amide bonds. The Morgan fingerprint density at radius 2 is 1.56 bits per heavy atom. The van der Waals surface area contributed by atoms with Gasteiger partial charge in [-0.05, 0) is 37.5 Å². The third kappa shape index (κ3) is 8.19. The van der Waals surface area contributed by atoms with Gasteiger partial charge in [0.05, 0.1) is 17.7 Å². The monoisotopic (exact) mass is 348 g/mol. The van der Waals surface area contributed by atoms with Gasteiger partial charge in [0.25, 0.3) is 0 Å². The zero-order valence-electron chi connectivity index (χ0n) is 15.9. The third-order valence-electron chi connectivity index (χ3n) is 4.08. The molecule has 0 aliphatic rings. The van der Waals surface area contributed by atoms with Gasteiger partial charge in [-0.15, -0.1) is 0 Å². The van der Waals surface area contributed by atoms with E-state index in [4.69, 9.17) is 9.47 Å². The maximum Gasteiger partial charge on any atom is 0.338 e. The van der Waals surface area contributed by atoms with Crippen LogP contribution in [0, 0.1) is 0 Å². The molecule has 25 heavy (non-hydrogen) atoms. The number of carbonyl (C=O) groups excluding carboxylic acids is 2. The van der Waals surface area contributed by atoms with Crippen LogP contribution in [0.2, 0.25) is 0 Å². The number of benzene rings is 1. The van der Waals surface area contributed by atoms with E-state index in [1.165, 1.54) is 0 Å². The highest BCUT2D eigenvalue weighted by molar-refractivity contribution is 5.95. The maximum atomic E-state index is 12.4. The topological polar surface area (TPSA) is 52.6 Å². The fourth-order valence-corrected chi connectivity index (χ4v) is 2.61. The molecule has 4 nitrogen and oxygen atoms in total. The number of carbonyl (C=O) groups is 2. The SMILES string of the molecule is CCCCCOC(=O)c1cccc(C(=O)OC(CCC)CCCC)c1. The van der Waals surface area contributed by atoms with Crippen LogP contribution in [0.4, 0.5) is 0 Å². The fourth-order valence-electron chi connectivity index (χ4n) is 2.61. The van der Waals surface area contributed by atoms with Crippen molar-refractivity contribution in [2.45, 2.75) is 78.2 Å². The molecule has 0 saturated heterocycles. The third-order valence-corrected chi connectivity index (χ3v) is 4.08. The van der Waals surface area contributed by atoms with Gasteiger partial charge in [0.1, 0.15) is 6.10 Å². The zero-order chi connectivity index (χ0) is 18.5. The first kappa shape index (κ1) is 21.2. The molecule has 140 valence electrons. The molecule has 4 heteroatoms. The molecule has 1 aromatic carbocycles. The minimum absolute atomic E-state index is 0.0536. The summed E-state index contributed by atoms with van der Waals surface area (Å²) in [7, 11) is 0. The summed E-state index contributed by atoms with van der Waals surface area (Å²) in [6, 6.07) is 6.60. The summed E-state index contributed by atoms with van der Waals surface area (Å²) >= 11 is 0. The quantitative estimate of drug-likeness (QED) is 0.367. The Morgan fingerprint density at radius 1 is 0.880 bits per heavy atom. The average molecular weight is 348 g/mol. The Kier molecular flexibility index (Phi) is 10.6. The summed E-state index contributed by atoms with van der Waals surface area (Å²) in [6.45, 7) is 6.72. The minimum Gasteiger partial charge on any atom is -0.462 e. The summed E-state index contributed by atoms with van der Waals surface area (Å²) in [5, 5.41) is 0. The molecule has 0 fully saturated rings. The van der Waals surface area contributed by atoms with Crippen LogP contribution in [0.25, 0.3) is 0 Å². The van der Waals surface area contributed by atoms with E-state index < -0.39 is 0 Å². The van der Waals surface area contributed by atoms with Crippen LogP contribution in [0.5, 0.6) is 0 Å². The van der Waals surface area contributed by atoms with Crippen molar-refractivity contribution >= 4 is 11.9 Å². The van der Waals surface area contributed by atoms with E-state index >= 15 is 0 Å². The second-order valence-corrected chi connectivity index (χ2v) is 6.38. The second kappa shape index (κ2) is 12.5. The standard InChI is InChI=1S/C21H32O4/c1-4-7-9-15-24-20(22)17-12-10-13-18(16-17)21(23)25-19(11-6-3)14-8-5-2/h10,12-13,16,19H,4-9,11,14-15H2,1-3H3. The van der Waals surface area contributed by atoms with Crippen molar-refractivity contribution in [2.24, 2.45) is 0 Å². The molecule has 0 bridgehead atoms. The molecule has 0 radical (unpaired) electrons. The Bertz CT molecular complexity index is 524. The van der Waals surface area contributed by atoms with Gasteiger partial charge in [-0.2, -0.15) is 0 Å². The number of hydrogen-bond donors (Lipinski definition) is 0. The molecular weight excluding hydrogens is 316 g/mol. The Labute approximate surface area is 151 Å². The lowest BCUT2D eigenvalue weighted by atomic mass is 10.1. The van der Waals surface area contributed by atoms with E-state index in [0.29, 0.717) is 17.7 Å². The highest BCUT2D eigenvalue weighted by Gasteiger charge is 2.17. The van der Waals surface area contributed by atoms with E-state index in [1.807, 2.05) is 0 Å². The van der Waals surface area contributed by atoms with E-state index in [0.717, 1.165) is 51.4 Å². The molecule has 1 rings (SSSR count). The molecule has 0 aromatic heterocycles. The van der Waals surface area contributed by atoms with Crippen molar-refractivity contribution in [3.05, 3.63) is 35.4 Å². The highest BCUT2D eigenvalue weighted by Crippen LogP contribution is 2.15. The smallest absolute Gasteiger partial charge is 0.338 e. The number of rotatable bonds is 12. The fraction of sp³-hybridized carbons (Fsp3) is 0.619. The first-order valence-electron chi connectivity index (χ1n) is 9.60. The lowest BCUT2D eigenvalue weighted by Crippen LogP contribution is -2.18. The van der Waals surface area contributed by atoms with Crippen molar-refractivity contribution in [2.75, 3.05) is 6.61 Å². The van der Waals surface area contributed by atoms with E-state index in [-0.39, 0.29) is 18.0 Å². The summed E-state index contributed by atoms with van der Waals surface area (Å²) in [5.41, 5.74) is 0.798. The largest absolute Gasteiger partial charge is 0.462 e. The van der Waals surface area contributed by atoms with E-state index in [2.05, 4.69) is 20.8 Å². The first-order chi connectivity index (χ1) is 12.1. The van der Waals surface area contributed by atoms with E-state index in [1.54, 1.807) is 24.3 Å². The summed E-state index contributed by atoms with van der Waals surface area (Å²) in [6.07, 6.45) is 7.78. The second-order valence-electron chi connectivity index (χ2n) is 6.38. The molecule has 1 atom stereocenters. The van der Waals surface area contributed by atoms with Gasteiger partial charge < -0.3 is 9.47 Å². The molecule has 1 unspecified atom stereocenters. The average Bonchev–Trinajstić information content (AvgIpc) is 2.63. The summed E-state index contributed by atoms with van der Waals surface area (Å²) in [4.78, 5) is 24.5. The Hall–Kier alpha value is -1.84. The predicted molar refractivity (Wildman–Crippen MR) is 99.9 cm³/mol. The van der Waals surface area contributed by atoms with E-state index in [9.17, 15) is 9.59 Å². The molecule has 0 spiro atoms. The van der Waals surface area contributed by atoms with Gasteiger partial charge in [-0.25, -0.2) is 9.59 Å². The number of ether oxygens (including phenoxy) is 2. The van der Waals surface area contributed by atoms with Crippen LogP contribution in [0.3, 0.4) is 0 Å². The van der Waals surface area contributed by atoms with Crippen LogP contribution < -0.4 is 0 Å². The Balaban J connectivity index is 2.65. The van der Waals surface area contributed by atoms with Gasteiger partial charge in [-0.3, -0.25) is 0 Å². The molecule has 0 saturated carbocycles. The molecule has 0 heterocycles. The normalized spacial score (nSPS) is 11.8. The van der Waals surface area contributed by atoms with Crippen molar-refractivity contribution < 1.29 is 19.1 Å². The number of hydrogen-bond acceptors (Lipinski definition) is 4. The summed E-state index contributed by atoms with van der Waals surface area (Å²) in [5.74, 6) is -0.753. The van der Waals surface area contributed by atoms with Gasteiger partial charge in [0.15, 0.2) is 0 Å². The maximum absolute atomic E-state index is 12.4. The van der Waals surface area contributed by atoms with Gasteiger partial charge in [-0.1, -0.05) is 58.9 Å². The van der Waals surface area contributed by atoms with Gasteiger partial charge >= 0.3 is 11.9 Å². The van der Waals surface area contributed by atoms with Gasteiger partial charge in [0.2, 0.25) is 0 Å². The lowest BCUT2D eigenvalue weighted by molar-refractivity contribution is 0.0255. The molecular formula is C21H32O4. The lowest BCUT2D eigenvalue weighted by Gasteiger charge is -2.17. The first-order valence-corrected chi connectivity index (χ1v) is 9.60. The van der Waals surface area contributed by atoms with Crippen molar-refractivity contribution in [1.29, 1.82) is 0 Å². The molecule has 0 aliphatic carbocycles. The molecule has 0 aliphatic heterocycles. The van der Waals surface area contributed by atoms with Crippen molar-refractivity contribution in [3.63, 3.8) is 0 Å². The Morgan fingerprint density at radius 3 is 2.20 bits per heavy atom. The molecule has 1 aromatic rings. The summed E-state index contributed by atoms with van der Waals surface area (Å²) < 4.78 is 10.9. The van der Waals surface area contributed by atoms with Gasteiger partial charge in [0, 0.05) is 0 Å². The van der Waals surface area contributed by atoms with Crippen molar-refractivity contribution in [3.8, 4) is 0 Å². The minimum atomic E-state index is -0.387. The predicted octanol–water partition coefficient (Wildman–Crippen LogP) is 5.55.